The second kappa shape index (κ2) is 5.73. The Morgan fingerprint density at radius 3 is 3.19 bits per heavy atom. The largest absolute Gasteiger partial charge is 0.383 e. The number of thioether (sulfide) groups is 1. The van der Waals surface area contributed by atoms with Gasteiger partial charge >= 0.3 is 0 Å². The summed E-state index contributed by atoms with van der Waals surface area (Å²) in [6.45, 7) is 3.17. The van der Waals surface area contributed by atoms with Gasteiger partial charge in [-0.15, -0.1) is 0 Å². The SMILES string of the molecule is c1ccc2c(c1)NCCCN2C1CCOC2(CCSC2)C1. The molecular weight excluding hydrogens is 280 g/mol. The number of para-hydroxylation sites is 2. The fourth-order valence-corrected chi connectivity index (χ4v) is 5.36. The summed E-state index contributed by atoms with van der Waals surface area (Å²) in [5, 5.41) is 3.58. The molecule has 2 unspecified atom stereocenters. The minimum atomic E-state index is 0.169. The molecule has 3 heterocycles. The van der Waals surface area contributed by atoms with Gasteiger partial charge in [0.1, 0.15) is 0 Å². The average Bonchev–Trinajstić information content (AvgIpc) is 2.85. The van der Waals surface area contributed by atoms with E-state index in [9.17, 15) is 0 Å². The van der Waals surface area contributed by atoms with E-state index in [2.05, 4.69) is 46.2 Å². The Kier molecular flexibility index (Phi) is 3.76. The molecule has 0 saturated carbocycles. The predicted octanol–water partition coefficient (Wildman–Crippen LogP) is 3.36. The number of ether oxygens (including phenoxy) is 1. The summed E-state index contributed by atoms with van der Waals surface area (Å²) < 4.78 is 6.20. The highest BCUT2D eigenvalue weighted by Gasteiger charge is 2.42. The van der Waals surface area contributed by atoms with Crippen LogP contribution in [0, 0.1) is 0 Å². The van der Waals surface area contributed by atoms with Crippen LogP contribution >= 0.6 is 11.8 Å². The van der Waals surface area contributed by atoms with Crippen LogP contribution in [0.4, 0.5) is 11.4 Å². The Labute approximate surface area is 131 Å². The smallest absolute Gasteiger partial charge is 0.0799 e. The number of hydrogen-bond acceptors (Lipinski definition) is 4. The molecule has 1 aromatic carbocycles. The molecule has 1 aromatic rings. The highest BCUT2D eigenvalue weighted by molar-refractivity contribution is 7.99. The minimum Gasteiger partial charge on any atom is -0.383 e. The summed E-state index contributed by atoms with van der Waals surface area (Å²) >= 11 is 2.06. The quantitative estimate of drug-likeness (QED) is 0.860. The molecule has 0 aromatic heterocycles. The van der Waals surface area contributed by atoms with E-state index in [1.807, 2.05) is 0 Å². The molecule has 3 aliphatic heterocycles. The van der Waals surface area contributed by atoms with Gasteiger partial charge in [0.25, 0.3) is 0 Å². The zero-order chi connectivity index (χ0) is 14.1. The van der Waals surface area contributed by atoms with Crippen molar-refractivity contribution in [2.24, 2.45) is 0 Å². The Balaban J connectivity index is 1.60. The Hall–Kier alpha value is -0.870. The molecule has 3 nitrogen and oxygen atoms in total. The van der Waals surface area contributed by atoms with Gasteiger partial charge in [0.15, 0.2) is 0 Å². The minimum absolute atomic E-state index is 0.169. The monoisotopic (exact) mass is 304 g/mol. The molecular formula is C17H24N2OS. The third-order valence-electron chi connectivity index (χ3n) is 5.08. The van der Waals surface area contributed by atoms with Gasteiger partial charge < -0.3 is 15.0 Å². The van der Waals surface area contributed by atoms with Crippen molar-refractivity contribution in [1.82, 2.24) is 0 Å². The number of nitrogens with zero attached hydrogens (tertiary/aromatic N) is 1. The van der Waals surface area contributed by atoms with Crippen LogP contribution in [0.2, 0.25) is 0 Å². The van der Waals surface area contributed by atoms with E-state index in [-0.39, 0.29) is 5.60 Å². The lowest BCUT2D eigenvalue weighted by molar-refractivity contribution is -0.0662. The van der Waals surface area contributed by atoms with Crippen LogP contribution in [0.15, 0.2) is 24.3 Å². The second-order valence-corrected chi connectivity index (χ2v) is 7.58. The van der Waals surface area contributed by atoms with Gasteiger partial charge in [-0.25, -0.2) is 0 Å². The van der Waals surface area contributed by atoms with Gasteiger partial charge in [-0.2, -0.15) is 11.8 Å². The number of anilines is 2. The van der Waals surface area contributed by atoms with E-state index in [1.54, 1.807) is 0 Å². The molecule has 0 radical (unpaired) electrons. The third kappa shape index (κ3) is 2.64. The maximum absolute atomic E-state index is 6.20. The molecule has 1 N–H and O–H groups in total. The van der Waals surface area contributed by atoms with Crippen LogP contribution in [0.1, 0.15) is 25.7 Å². The standard InChI is InChI=1S/C17H24N2OS/c1-2-5-16-15(4-1)18-8-3-9-19(16)14-6-10-20-17(12-14)7-11-21-13-17/h1-2,4-5,14,18H,3,6-13H2. The Morgan fingerprint density at radius 2 is 2.29 bits per heavy atom. The van der Waals surface area contributed by atoms with Crippen molar-refractivity contribution in [3.05, 3.63) is 24.3 Å². The van der Waals surface area contributed by atoms with Crippen LogP contribution in [-0.4, -0.2) is 42.8 Å². The zero-order valence-corrected chi connectivity index (χ0v) is 13.3. The molecule has 3 aliphatic rings. The van der Waals surface area contributed by atoms with E-state index in [0.29, 0.717) is 6.04 Å². The molecule has 2 saturated heterocycles. The van der Waals surface area contributed by atoms with Crippen molar-refractivity contribution < 1.29 is 4.74 Å². The summed E-state index contributed by atoms with van der Waals surface area (Å²) in [7, 11) is 0. The van der Waals surface area contributed by atoms with Gasteiger partial charge in [0.05, 0.1) is 17.0 Å². The van der Waals surface area contributed by atoms with Gasteiger partial charge in [-0.05, 0) is 43.6 Å². The topological polar surface area (TPSA) is 24.5 Å². The highest BCUT2D eigenvalue weighted by atomic mass is 32.2. The molecule has 1 spiro atoms. The second-order valence-electron chi connectivity index (χ2n) is 6.47. The number of benzene rings is 1. The lowest BCUT2D eigenvalue weighted by Crippen LogP contribution is -2.49. The van der Waals surface area contributed by atoms with Crippen LogP contribution in [0.25, 0.3) is 0 Å². The maximum Gasteiger partial charge on any atom is 0.0799 e. The van der Waals surface area contributed by atoms with Crippen molar-refractivity contribution in [2.75, 3.05) is 41.4 Å². The van der Waals surface area contributed by atoms with E-state index in [0.717, 1.165) is 19.7 Å². The molecule has 4 rings (SSSR count). The lowest BCUT2D eigenvalue weighted by Gasteiger charge is -2.43. The van der Waals surface area contributed by atoms with Crippen molar-refractivity contribution in [2.45, 2.75) is 37.3 Å². The van der Waals surface area contributed by atoms with Crippen molar-refractivity contribution in [1.29, 1.82) is 0 Å². The lowest BCUT2D eigenvalue weighted by atomic mass is 9.88. The van der Waals surface area contributed by atoms with Gasteiger partial charge in [-0.3, -0.25) is 0 Å². The first-order valence-electron chi connectivity index (χ1n) is 8.18. The third-order valence-corrected chi connectivity index (χ3v) is 6.30. The van der Waals surface area contributed by atoms with Gasteiger partial charge in [-0.1, -0.05) is 12.1 Å². The normalized spacial score (nSPS) is 32.6. The van der Waals surface area contributed by atoms with Crippen molar-refractivity contribution in [3.8, 4) is 0 Å². The summed E-state index contributed by atoms with van der Waals surface area (Å²) in [6.07, 6.45) is 4.82. The Morgan fingerprint density at radius 1 is 1.33 bits per heavy atom. The van der Waals surface area contributed by atoms with Gasteiger partial charge in [0, 0.05) is 31.5 Å². The first kappa shape index (κ1) is 13.8. The number of rotatable bonds is 1. The molecule has 114 valence electrons. The van der Waals surface area contributed by atoms with E-state index in [1.165, 1.54) is 48.6 Å². The fraction of sp³-hybridized carbons (Fsp3) is 0.647. The summed E-state index contributed by atoms with van der Waals surface area (Å²) in [5.74, 6) is 2.46. The summed E-state index contributed by atoms with van der Waals surface area (Å²) in [6, 6.07) is 9.43. The molecule has 0 aliphatic carbocycles. The van der Waals surface area contributed by atoms with Crippen molar-refractivity contribution >= 4 is 23.1 Å². The Bertz CT molecular complexity index is 501. The highest BCUT2D eigenvalue weighted by Crippen LogP contribution is 2.41. The number of fused-ring (bicyclic) bond motifs is 1. The summed E-state index contributed by atoms with van der Waals surface area (Å²) in [4.78, 5) is 2.66. The number of hydrogen-bond donors (Lipinski definition) is 1. The van der Waals surface area contributed by atoms with Crippen LogP contribution < -0.4 is 10.2 Å². The number of nitrogens with one attached hydrogen (secondary N) is 1. The zero-order valence-electron chi connectivity index (χ0n) is 12.5. The predicted molar refractivity (Wildman–Crippen MR) is 90.5 cm³/mol. The average molecular weight is 304 g/mol. The van der Waals surface area contributed by atoms with E-state index in [4.69, 9.17) is 4.74 Å². The fourth-order valence-electron chi connectivity index (χ4n) is 3.98. The first-order chi connectivity index (χ1) is 10.4. The molecule has 21 heavy (non-hydrogen) atoms. The molecule has 2 fully saturated rings. The van der Waals surface area contributed by atoms with Crippen LogP contribution in [0.3, 0.4) is 0 Å². The van der Waals surface area contributed by atoms with Crippen LogP contribution in [-0.2, 0) is 4.74 Å². The molecule has 2 atom stereocenters. The molecule has 0 amide bonds. The molecule has 0 bridgehead atoms. The van der Waals surface area contributed by atoms with Crippen molar-refractivity contribution in [3.63, 3.8) is 0 Å². The summed E-state index contributed by atoms with van der Waals surface area (Å²) in [5.41, 5.74) is 2.86. The van der Waals surface area contributed by atoms with Gasteiger partial charge in [0.2, 0.25) is 0 Å². The maximum atomic E-state index is 6.20. The molecule has 4 heteroatoms. The van der Waals surface area contributed by atoms with E-state index >= 15 is 0 Å². The van der Waals surface area contributed by atoms with E-state index < -0.39 is 0 Å². The first-order valence-corrected chi connectivity index (χ1v) is 9.33. The van der Waals surface area contributed by atoms with Crippen LogP contribution in [0.5, 0.6) is 0 Å².